The summed E-state index contributed by atoms with van der Waals surface area (Å²) in [6.07, 6.45) is 0. The van der Waals surface area contributed by atoms with Crippen LogP contribution in [-0.4, -0.2) is 24.1 Å². The smallest absolute Gasteiger partial charge is 0.172 e. The van der Waals surface area contributed by atoms with Crippen molar-refractivity contribution in [2.45, 2.75) is 26.2 Å². The highest BCUT2D eigenvalue weighted by Gasteiger charge is 2.12. The monoisotopic (exact) mass is 236 g/mol. The third-order valence-electron chi connectivity index (χ3n) is 2.41. The van der Waals surface area contributed by atoms with Crippen LogP contribution < -0.4 is 5.32 Å². The van der Waals surface area contributed by atoms with Crippen molar-refractivity contribution in [1.29, 1.82) is 0 Å². The number of rotatable bonds is 1. The molecule has 1 rings (SSSR count). The molecule has 1 N–H and O–H groups in total. The quantitative estimate of drug-likeness (QED) is 0.754. The molecule has 2 nitrogen and oxygen atoms in total. The molecule has 0 heterocycles. The van der Waals surface area contributed by atoms with E-state index in [1.165, 1.54) is 5.56 Å². The van der Waals surface area contributed by atoms with E-state index in [4.69, 9.17) is 12.2 Å². The van der Waals surface area contributed by atoms with E-state index in [9.17, 15) is 0 Å². The summed E-state index contributed by atoms with van der Waals surface area (Å²) in [5.41, 5.74) is 2.56. The van der Waals surface area contributed by atoms with Gasteiger partial charge < -0.3 is 10.2 Å². The van der Waals surface area contributed by atoms with Crippen molar-refractivity contribution in [3.05, 3.63) is 29.8 Å². The Morgan fingerprint density at radius 1 is 1.12 bits per heavy atom. The molecule has 0 radical (unpaired) electrons. The highest BCUT2D eigenvalue weighted by atomic mass is 32.1. The van der Waals surface area contributed by atoms with Crippen LogP contribution in [0.3, 0.4) is 0 Å². The third kappa shape index (κ3) is 3.49. The summed E-state index contributed by atoms with van der Waals surface area (Å²) in [6, 6.07) is 8.41. The van der Waals surface area contributed by atoms with Gasteiger partial charge in [0.2, 0.25) is 0 Å². The SMILES string of the molecule is CN(C)C(=S)Nc1ccc(C(C)(C)C)cc1. The second-order valence-corrected chi connectivity index (χ2v) is 5.54. The van der Waals surface area contributed by atoms with Crippen LogP contribution in [0, 0.1) is 0 Å². The predicted octanol–water partition coefficient (Wildman–Crippen LogP) is 3.24. The highest BCUT2D eigenvalue weighted by molar-refractivity contribution is 7.80. The van der Waals surface area contributed by atoms with Gasteiger partial charge in [0.25, 0.3) is 0 Å². The van der Waals surface area contributed by atoms with Crippen LogP contribution in [0.5, 0.6) is 0 Å². The van der Waals surface area contributed by atoms with Crippen LogP contribution in [0.1, 0.15) is 26.3 Å². The molecule has 0 spiro atoms. The summed E-state index contributed by atoms with van der Waals surface area (Å²) in [5.74, 6) is 0. The molecule has 0 saturated carbocycles. The summed E-state index contributed by atoms with van der Waals surface area (Å²) in [6.45, 7) is 6.62. The molecule has 0 amide bonds. The van der Waals surface area contributed by atoms with Crippen LogP contribution in [0.25, 0.3) is 0 Å². The second-order valence-electron chi connectivity index (χ2n) is 5.15. The Kier molecular flexibility index (Phi) is 3.92. The Bertz CT molecular complexity index is 361. The molecule has 0 aromatic heterocycles. The van der Waals surface area contributed by atoms with Gasteiger partial charge in [0.05, 0.1) is 0 Å². The lowest BCUT2D eigenvalue weighted by Gasteiger charge is -2.20. The zero-order valence-corrected chi connectivity index (χ0v) is 11.5. The zero-order chi connectivity index (χ0) is 12.3. The maximum atomic E-state index is 5.18. The molecule has 0 aliphatic carbocycles. The van der Waals surface area contributed by atoms with E-state index in [0.717, 1.165) is 10.8 Å². The van der Waals surface area contributed by atoms with Gasteiger partial charge in [-0.1, -0.05) is 32.9 Å². The molecule has 0 fully saturated rings. The van der Waals surface area contributed by atoms with Gasteiger partial charge >= 0.3 is 0 Å². The largest absolute Gasteiger partial charge is 0.355 e. The average Bonchev–Trinajstić information content (AvgIpc) is 2.17. The van der Waals surface area contributed by atoms with Crippen molar-refractivity contribution >= 4 is 23.0 Å². The minimum atomic E-state index is 0.195. The van der Waals surface area contributed by atoms with Crippen molar-refractivity contribution in [3.63, 3.8) is 0 Å². The lowest BCUT2D eigenvalue weighted by molar-refractivity contribution is 0.590. The molecular weight excluding hydrogens is 216 g/mol. The first-order chi connectivity index (χ1) is 7.30. The zero-order valence-electron chi connectivity index (χ0n) is 10.7. The normalized spacial score (nSPS) is 11.1. The highest BCUT2D eigenvalue weighted by Crippen LogP contribution is 2.23. The van der Waals surface area contributed by atoms with Crippen LogP contribution in [0.15, 0.2) is 24.3 Å². The number of hydrogen-bond acceptors (Lipinski definition) is 1. The molecule has 0 bridgehead atoms. The van der Waals surface area contributed by atoms with Gasteiger partial charge in [-0.3, -0.25) is 0 Å². The van der Waals surface area contributed by atoms with E-state index in [0.29, 0.717) is 0 Å². The fraction of sp³-hybridized carbons (Fsp3) is 0.462. The van der Waals surface area contributed by atoms with Crippen molar-refractivity contribution < 1.29 is 0 Å². The second kappa shape index (κ2) is 4.83. The Hall–Kier alpha value is -1.09. The fourth-order valence-corrected chi connectivity index (χ4v) is 1.41. The minimum absolute atomic E-state index is 0.195. The maximum absolute atomic E-state index is 5.18. The van der Waals surface area contributed by atoms with Crippen molar-refractivity contribution in [2.24, 2.45) is 0 Å². The number of thiocarbonyl (C=S) groups is 1. The number of hydrogen-bond donors (Lipinski definition) is 1. The molecule has 0 saturated heterocycles. The van der Waals surface area contributed by atoms with E-state index in [1.807, 2.05) is 19.0 Å². The lowest BCUT2D eigenvalue weighted by atomic mass is 9.87. The van der Waals surface area contributed by atoms with Crippen LogP contribution >= 0.6 is 12.2 Å². The fourth-order valence-electron chi connectivity index (χ4n) is 1.29. The molecule has 0 aliphatic rings. The Morgan fingerprint density at radius 2 is 1.62 bits per heavy atom. The number of anilines is 1. The molecule has 16 heavy (non-hydrogen) atoms. The first kappa shape index (κ1) is 13.0. The van der Waals surface area contributed by atoms with Gasteiger partial charge in [0.1, 0.15) is 0 Å². The first-order valence-corrected chi connectivity index (χ1v) is 5.80. The van der Waals surface area contributed by atoms with E-state index in [1.54, 1.807) is 0 Å². The van der Waals surface area contributed by atoms with Crippen molar-refractivity contribution in [3.8, 4) is 0 Å². The summed E-state index contributed by atoms with van der Waals surface area (Å²) in [7, 11) is 3.86. The Balaban J connectivity index is 2.76. The maximum Gasteiger partial charge on any atom is 0.172 e. The number of benzene rings is 1. The summed E-state index contributed by atoms with van der Waals surface area (Å²) < 4.78 is 0. The molecular formula is C13H20N2S. The number of nitrogens with one attached hydrogen (secondary N) is 1. The van der Waals surface area contributed by atoms with E-state index in [2.05, 4.69) is 50.4 Å². The van der Waals surface area contributed by atoms with Crippen LogP contribution in [0.4, 0.5) is 5.69 Å². The predicted molar refractivity (Wildman–Crippen MR) is 75.0 cm³/mol. The van der Waals surface area contributed by atoms with Gasteiger partial charge in [-0.05, 0) is 35.3 Å². The molecule has 88 valence electrons. The van der Waals surface area contributed by atoms with Gasteiger partial charge in [-0.25, -0.2) is 0 Å². The van der Waals surface area contributed by atoms with Crippen LogP contribution in [0.2, 0.25) is 0 Å². The van der Waals surface area contributed by atoms with Crippen LogP contribution in [-0.2, 0) is 5.41 Å². The van der Waals surface area contributed by atoms with Gasteiger partial charge in [-0.15, -0.1) is 0 Å². The summed E-state index contributed by atoms with van der Waals surface area (Å²) in [4.78, 5) is 1.88. The van der Waals surface area contributed by atoms with E-state index in [-0.39, 0.29) is 5.41 Å². The summed E-state index contributed by atoms with van der Waals surface area (Å²) >= 11 is 5.18. The lowest BCUT2D eigenvalue weighted by Crippen LogP contribution is -2.27. The third-order valence-corrected chi connectivity index (χ3v) is 2.88. The first-order valence-electron chi connectivity index (χ1n) is 5.39. The summed E-state index contributed by atoms with van der Waals surface area (Å²) in [5, 5.41) is 3.90. The van der Waals surface area contributed by atoms with Gasteiger partial charge in [0, 0.05) is 19.8 Å². The van der Waals surface area contributed by atoms with Gasteiger partial charge in [-0.2, -0.15) is 0 Å². The Morgan fingerprint density at radius 3 is 2.00 bits per heavy atom. The molecule has 1 aromatic carbocycles. The molecule has 3 heteroatoms. The molecule has 1 aromatic rings. The standard InChI is InChI=1S/C13H20N2S/c1-13(2,3)10-6-8-11(9-7-10)14-12(16)15(4)5/h6-9H,1-5H3,(H,14,16). The van der Waals surface area contributed by atoms with Crippen molar-refractivity contribution in [2.75, 3.05) is 19.4 Å². The molecule has 0 atom stereocenters. The van der Waals surface area contributed by atoms with Crippen molar-refractivity contribution in [1.82, 2.24) is 4.90 Å². The van der Waals surface area contributed by atoms with E-state index >= 15 is 0 Å². The molecule has 0 aliphatic heterocycles. The number of nitrogens with zero attached hydrogens (tertiary/aromatic N) is 1. The van der Waals surface area contributed by atoms with Gasteiger partial charge in [0.15, 0.2) is 5.11 Å². The Labute approximate surface area is 104 Å². The van der Waals surface area contributed by atoms with E-state index < -0.39 is 0 Å². The average molecular weight is 236 g/mol. The molecule has 0 unspecified atom stereocenters. The topological polar surface area (TPSA) is 15.3 Å². The minimum Gasteiger partial charge on any atom is -0.355 e.